The number of piperidine rings is 1. The summed E-state index contributed by atoms with van der Waals surface area (Å²) < 4.78 is 0. The van der Waals surface area contributed by atoms with Gasteiger partial charge in [-0.2, -0.15) is 0 Å². The summed E-state index contributed by atoms with van der Waals surface area (Å²) in [6.07, 6.45) is 2.64. The molecular formula is C24H30N2O. The summed E-state index contributed by atoms with van der Waals surface area (Å²) in [5.74, 6) is 0.265. The Hall–Kier alpha value is -2.13. The van der Waals surface area contributed by atoms with Crippen molar-refractivity contribution in [3.8, 4) is 0 Å². The summed E-state index contributed by atoms with van der Waals surface area (Å²) in [5.41, 5.74) is 4.30. The van der Waals surface area contributed by atoms with Crippen molar-refractivity contribution in [2.75, 3.05) is 19.6 Å². The summed E-state index contributed by atoms with van der Waals surface area (Å²) in [5, 5.41) is 0. The molecule has 2 heterocycles. The molecule has 0 unspecified atom stereocenters. The van der Waals surface area contributed by atoms with E-state index < -0.39 is 0 Å². The second-order valence-electron chi connectivity index (χ2n) is 8.48. The predicted molar refractivity (Wildman–Crippen MR) is 110 cm³/mol. The third-order valence-corrected chi connectivity index (χ3v) is 6.47. The van der Waals surface area contributed by atoms with Crippen molar-refractivity contribution >= 4 is 5.91 Å². The summed E-state index contributed by atoms with van der Waals surface area (Å²) in [6, 6.07) is 19.6. The highest BCUT2D eigenvalue weighted by Crippen LogP contribution is 2.42. The Morgan fingerprint density at radius 1 is 1.00 bits per heavy atom. The molecule has 0 saturated carbocycles. The zero-order valence-electron chi connectivity index (χ0n) is 16.5. The second kappa shape index (κ2) is 7.47. The molecule has 3 heteroatoms. The lowest BCUT2D eigenvalue weighted by molar-refractivity contribution is -0.132. The van der Waals surface area contributed by atoms with E-state index in [-0.39, 0.29) is 11.3 Å². The lowest BCUT2D eigenvalue weighted by Gasteiger charge is -2.49. The van der Waals surface area contributed by atoms with E-state index in [4.69, 9.17) is 0 Å². The van der Waals surface area contributed by atoms with E-state index in [1.54, 1.807) is 0 Å². The first-order valence-corrected chi connectivity index (χ1v) is 10.2. The van der Waals surface area contributed by atoms with Gasteiger partial charge in [0.05, 0.1) is 6.42 Å². The highest BCUT2D eigenvalue weighted by atomic mass is 16.2. The minimum absolute atomic E-state index is 0.197. The first-order valence-electron chi connectivity index (χ1n) is 10.2. The SMILES string of the molecule is CC(C)N1Cc2ccccc2C2(CCN(C(=O)Cc3ccccc3)CC2)C1. The summed E-state index contributed by atoms with van der Waals surface area (Å²) in [4.78, 5) is 17.5. The molecule has 2 aromatic carbocycles. The number of nitrogens with zero attached hydrogens (tertiary/aromatic N) is 2. The maximum absolute atomic E-state index is 12.8. The Labute approximate surface area is 163 Å². The summed E-state index contributed by atoms with van der Waals surface area (Å²) >= 11 is 0. The van der Waals surface area contributed by atoms with Gasteiger partial charge in [-0.25, -0.2) is 0 Å². The van der Waals surface area contributed by atoms with Gasteiger partial charge in [-0.1, -0.05) is 54.6 Å². The molecule has 0 aromatic heterocycles. The van der Waals surface area contributed by atoms with Crippen LogP contribution in [0.15, 0.2) is 54.6 Å². The van der Waals surface area contributed by atoms with Crippen LogP contribution in [0.4, 0.5) is 0 Å². The molecule has 1 saturated heterocycles. The van der Waals surface area contributed by atoms with Crippen LogP contribution in [0, 0.1) is 0 Å². The average Bonchev–Trinajstić information content (AvgIpc) is 2.69. The molecule has 2 aliphatic heterocycles. The zero-order valence-corrected chi connectivity index (χ0v) is 16.5. The van der Waals surface area contributed by atoms with E-state index in [2.05, 4.69) is 47.9 Å². The van der Waals surface area contributed by atoms with Crippen LogP contribution in [0.25, 0.3) is 0 Å². The van der Waals surface area contributed by atoms with Gasteiger partial charge < -0.3 is 4.90 Å². The molecule has 2 aromatic rings. The van der Waals surface area contributed by atoms with Crippen molar-refractivity contribution < 1.29 is 4.79 Å². The Bertz CT molecular complexity index is 791. The van der Waals surface area contributed by atoms with Gasteiger partial charge in [0, 0.05) is 37.6 Å². The second-order valence-corrected chi connectivity index (χ2v) is 8.48. The van der Waals surface area contributed by atoms with Crippen molar-refractivity contribution in [2.24, 2.45) is 0 Å². The van der Waals surface area contributed by atoms with E-state index in [9.17, 15) is 4.79 Å². The van der Waals surface area contributed by atoms with Crippen LogP contribution in [-0.4, -0.2) is 41.4 Å². The van der Waals surface area contributed by atoms with E-state index in [0.29, 0.717) is 12.5 Å². The minimum atomic E-state index is 0.197. The van der Waals surface area contributed by atoms with Crippen molar-refractivity contribution in [3.05, 3.63) is 71.3 Å². The molecule has 1 spiro atoms. The number of benzene rings is 2. The Balaban J connectivity index is 1.49. The molecule has 2 aliphatic rings. The van der Waals surface area contributed by atoms with Gasteiger partial charge in [0.25, 0.3) is 0 Å². The number of fused-ring (bicyclic) bond motifs is 2. The maximum atomic E-state index is 12.8. The van der Waals surface area contributed by atoms with Gasteiger partial charge in [-0.15, -0.1) is 0 Å². The van der Waals surface area contributed by atoms with Gasteiger partial charge in [0.2, 0.25) is 5.91 Å². The number of rotatable bonds is 3. The van der Waals surface area contributed by atoms with Gasteiger partial charge in [0.1, 0.15) is 0 Å². The number of carbonyl (C=O) groups excluding carboxylic acids is 1. The van der Waals surface area contributed by atoms with E-state index in [0.717, 1.165) is 44.6 Å². The van der Waals surface area contributed by atoms with Crippen LogP contribution in [0.2, 0.25) is 0 Å². The molecule has 0 aliphatic carbocycles. The van der Waals surface area contributed by atoms with Gasteiger partial charge >= 0.3 is 0 Å². The molecular weight excluding hydrogens is 332 g/mol. The summed E-state index contributed by atoms with van der Waals surface area (Å²) in [6.45, 7) is 8.48. The number of amides is 1. The average molecular weight is 363 g/mol. The quantitative estimate of drug-likeness (QED) is 0.823. The lowest BCUT2D eigenvalue weighted by Crippen LogP contribution is -2.54. The molecule has 0 N–H and O–H groups in total. The lowest BCUT2D eigenvalue weighted by atomic mass is 9.68. The largest absolute Gasteiger partial charge is 0.342 e. The molecule has 1 amide bonds. The van der Waals surface area contributed by atoms with Crippen molar-refractivity contribution in [1.82, 2.24) is 9.80 Å². The van der Waals surface area contributed by atoms with Crippen LogP contribution in [0.1, 0.15) is 43.4 Å². The third kappa shape index (κ3) is 3.66. The van der Waals surface area contributed by atoms with Gasteiger partial charge in [0.15, 0.2) is 0 Å². The third-order valence-electron chi connectivity index (χ3n) is 6.47. The molecule has 0 bridgehead atoms. The van der Waals surface area contributed by atoms with E-state index >= 15 is 0 Å². The molecule has 0 radical (unpaired) electrons. The van der Waals surface area contributed by atoms with Crippen LogP contribution in [-0.2, 0) is 23.2 Å². The van der Waals surface area contributed by atoms with Crippen LogP contribution in [0.3, 0.4) is 0 Å². The first-order chi connectivity index (χ1) is 13.1. The van der Waals surface area contributed by atoms with Crippen LogP contribution in [0.5, 0.6) is 0 Å². The van der Waals surface area contributed by atoms with E-state index in [1.165, 1.54) is 11.1 Å². The highest BCUT2D eigenvalue weighted by molar-refractivity contribution is 5.79. The van der Waals surface area contributed by atoms with Crippen LogP contribution < -0.4 is 0 Å². The number of hydrogen-bond donors (Lipinski definition) is 0. The molecule has 4 rings (SSSR count). The van der Waals surface area contributed by atoms with Crippen LogP contribution >= 0.6 is 0 Å². The Kier molecular flexibility index (Phi) is 5.05. The number of carbonyl (C=O) groups is 1. The maximum Gasteiger partial charge on any atom is 0.226 e. The Morgan fingerprint density at radius 2 is 1.67 bits per heavy atom. The zero-order chi connectivity index (χ0) is 18.9. The minimum Gasteiger partial charge on any atom is -0.342 e. The first kappa shape index (κ1) is 18.2. The molecule has 1 fully saturated rings. The molecule has 0 atom stereocenters. The van der Waals surface area contributed by atoms with Gasteiger partial charge in [-0.3, -0.25) is 9.69 Å². The van der Waals surface area contributed by atoms with Gasteiger partial charge in [-0.05, 0) is 43.4 Å². The number of likely N-dealkylation sites (tertiary alicyclic amines) is 1. The highest BCUT2D eigenvalue weighted by Gasteiger charge is 2.42. The smallest absolute Gasteiger partial charge is 0.226 e. The standard InChI is InChI=1S/C24H30N2O/c1-19(2)26-17-21-10-6-7-11-22(21)24(18-26)12-14-25(15-13-24)23(27)16-20-8-4-3-5-9-20/h3-11,19H,12-18H2,1-2H3. The Morgan fingerprint density at radius 3 is 2.37 bits per heavy atom. The topological polar surface area (TPSA) is 23.6 Å². The van der Waals surface area contributed by atoms with E-state index in [1.807, 2.05) is 30.3 Å². The molecule has 27 heavy (non-hydrogen) atoms. The fourth-order valence-electron chi connectivity index (χ4n) is 4.78. The number of hydrogen-bond acceptors (Lipinski definition) is 2. The molecule has 3 nitrogen and oxygen atoms in total. The monoisotopic (exact) mass is 362 g/mol. The predicted octanol–water partition coefficient (Wildman–Crippen LogP) is 4.01. The van der Waals surface area contributed by atoms with Crippen molar-refractivity contribution in [3.63, 3.8) is 0 Å². The normalized spacial score (nSPS) is 19.3. The van der Waals surface area contributed by atoms with Crippen molar-refractivity contribution in [1.29, 1.82) is 0 Å². The van der Waals surface area contributed by atoms with Crippen molar-refractivity contribution in [2.45, 2.75) is 51.1 Å². The fourth-order valence-corrected chi connectivity index (χ4v) is 4.78. The molecule has 142 valence electrons. The summed E-state index contributed by atoms with van der Waals surface area (Å²) in [7, 11) is 0. The fraction of sp³-hybridized carbons (Fsp3) is 0.458.